The number of ether oxygens (including phenoxy) is 1. The number of rotatable bonds is 6. The molecule has 1 saturated heterocycles. The van der Waals surface area contributed by atoms with Crippen LogP contribution in [0.5, 0.6) is 0 Å². The normalized spacial score (nSPS) is 18.2. The Bertz CT molecular complexity index is 588. The highest BCUT2D eigenvalue weighted by Crippen LogP contribution is 2.21. The summed E-state index contributed by atoms with van der Waals surface area (Å²) >= 11 is 0. The number of nitrogens with zero attached hydrogens (tertiary/aromatic N) is 3. The van der Waals surface area contributed by atoms with Gasteiger partial charge in [0.1, 0.15) is 11.4 Å². The maximum atomic E-state index is 5.65. The molecule has 0 unspecified atom stereocenters. The van der Waals surface area contributed by atoms with Gasteiger partial charge < -0.3 is 10.1 Å². The highest BCUT2D eigenvalue weighted by molar-refractivity contribution is 5.60. The Kier molecular flexibility index (Phi) is 4.85. The van der Waals surface area contributed by atoms with Crippen molar-refractivity contribution in [2.24, 2.45) is 0 Å². The summed E-state index contributed by atoms with van der Waals surface area (Å²) in [4.78, 5) is 1.80. The summed E-state index contributed by atoms with van der Waals surface area (Å²) in [6.45, 7) is 6.68. The van der Waals surface area contributed by atoms with Crippen LogP contribution >= 0.6 is 0 Å². The first-order valence-electron chi connectivity index (χ1n) is 8.07. The quantitative estimate of drug-likeness (QED) is 0.891. The zero-order valence-corrected chi connectivity index (χ0v) is 13.3. The molecule has 1 fully saturated rings. The van der Waals surface area contributed by atoms with Crippen LogP contribution in [-0.2, 0) is 11.3 Å². The van der Waals surface area contributed by atoms with Gasteiger partial charge in [-0.15, -0.1) is 0 Å². The van der Waals surface area contributed by atoms with Crippen molar-refractivity contribution in [1.29, 1.82) is 0 Å². The Balaban J connectivity index is 1.73. The van der Waals surface area contributed by atoms with Crippen molar-refractivity contribution in [2.45, 2.75) is 45.4 Å². The summed E-state index contributed by atoms with van der Waals surface area (Å²) in [7, 11) is 0. The summed E-state index contributed by atoms with van der Waals surface area (Å²) < 4.78 is 5.65. The third-order valence-electron chi connectivity index (χ3n) is 3.90. The fourth-order valence-corrected chi connectivity index (χ4v) is 2.68. The van der Waals surface area contributed by atoms with E-state index in [9.17, 15) is 0 Å². The number of aromatic nitrogens is 3. The van der Waals surface area contributed by atoms with Gasteiger partial charge >= 0.3 is 0 Å². The SMILES string of the molecule is CC(C)n1nc(CNC[C@H]2CCCO2)c(-c2ccccc2)n1. The molecule has 0 saturated carbocycles. The van der Waals surface area contributed by atoms with Gasteiger partial charge in [-0.3, -0.25) is 0 Å². The highest BCUT2D eigenvalue weighted by Gasteiger charge is 2.17. The smallest absolute Gasteiger partial charge is 0.117 e. The number of hydrogen-bond donors (Lipinski definition) is 1. The van der Waals surface area contributed by atoms with Gasteiger partial charge in [0.05, 0.1) is 12.1 Å². The Hall–Kier alpha value is -1.72. The molecule has 22 heavy (non-hydrogen) atoms. The van der Waals surface area contributed by atoms with Gasteiger partial charge in [-0.25, -0.2) is 0 Å². The van der Waals surface area contributed by atoms with E-state index < -0.39 is 0 Å². The average Bonchev–Trinajstić information content (AvgIpc) is 3.18. The molecule has 0 amide bonds. The second kappa shape index (κ2) is 7.03. The van der Waals surface area contributed by atoms with Crippen LogP contribution in [0.2, 0.25) is 0 Å². The van der Waals surface area contributed by atoms with E-state index in [1.165, 1.54) is 6.42 Å². The number of nitrogens with one attached hydrogen (secondary N) is 1. The predicted molar refractivity (Wildman–Crippen MR) is 86.5 cm³/mol. The first-order valence-corrected chi connectivity index (χ1v) is 8.07. The lowest BCUT2D eigenvalue weighted by molar-refractivity contribution is 0.110. The molecule has 0 spiro atoms. The van der Waals surface area contributed by atoms with Crippen molar-refractivity contribution in [2.75, 3.05) is 13.2 Å². The molecule has 3 rings (SSSR count). The highest BCUT2D eigenvalue weighted by atomic mass is 16.5. The molecule has 1 aliphatic heterocycles. The molecule has 2 heterocycles. The van der Waals surface area contributed by atoms with Gasteiger partial charge in [0.2, 0.25) is 0 Å². The topological polar surface area (TPSA) is 52.0 Å². The van der Waals surface area contributed by atoms with Gasteiger partial charge in [-0.05, 0) is 26.7 Å². The van der Waals surface area contributed by atoms with Crippen molar-refractivity contribution >= 4 is 0 Å². The Labute approximate surface area is 131 Å². The molecule has 1 atom stereocenters. The molecule has 1 aromatic heterocycles. The molecule has 1 aliphatic rings. The largest absolute Gasteiger partial charge is 0.377 e. The van der Waals surface area contributed by atoms with Gasteiger partial charge in [-0.2, -0.15) is 15.0 Å². The second-order valence-electron chi connectivity index (χ2n) is 6.04. The van der Waals surface area contributed by atoms with Crippen LogP contribution in [0.3, 0.4) is 0 Å². The van der Waals surface area contributed by atoms with E-state index in [2.05, 4.69) is 41.5 Å². The van der Waals surface area contributed by atoms with Crippen LogP contribution in [0.4, 0.5) is 0 Å². The summed E-state index contributed by atoms with van der Waals surface area (Å²) in [6.07, 6.45) is 2.67. The van der Waals surface area contributed by atoms with Crippen LogP contribution < -0.4 is 5.32 Å². The van der Waals surface area contributed by atoms with Gasteiger partial charge in [0, 0.05) is 25.3 Å². The molecule has 5 nitrogen and oxygen atoms in total. The zero-order valence-electron chi connectivity index (χ0n) is 13.3. The third-order valence-corrected chi connectivity index (χ3v) is 3.90. The van der Waals surface area contributed by atoms with Crippen molar-refractivity contribution in [3.8, 4) is 11.3 Å². The Morgan fingerprint density at radius 1 is 1.27 bits per heavy atom. The molecule has 0 radical (unpaired) electrons. The molecule has 1 N–H and O–H groups in total. The summed E-state index contributed by atoms with van der Waals surface area (Å²) in [5.74, 6) is 0. The minimum Gasteiger partial charge on any atom is -0.377 e. The van der Waals surface area contributed by atoms with Crippen molar-refractivity contribution in [3.05, 3.63) is 36.0 Å². The molecule has 0 aliphatic carbocycles. The summed E-state index contributed by atoms with van der Waals surface area (Å²) in [5.41, 5.74) is 3.08. The lowest BCUT2D eigenvalue weighted by Gasteiger charge is -2.10. The fourth-order valence-electron chi connectivity index (χ4n) is 2.68. The molecule has 1 aromatic carbocycles. The lowest BCUT2D eigenvalue weighted by Crippen LogP contribution is -2.26. The van der Waals surface area contributed by atoms with Crippen molar-refractivity contribution in [1.82, 2.24) is 20.3 Å². The Morgan fingerprint density at radius 2 is 2.09 bits per heavy atom. The van der Waals surface area contributed by atoms with Crippen molar-refractivity contribution < 1.29 is 4.74 Å². The van der Waals surface area contributed by atoms with Gasteiger partial charge in [0.25, 0.3) is 0 Å². The van der Waals surface area contributed by atoms with E-state index in [4.69, 9.17) is 4.74 Å². The van der Waals surface area contributed by atoms with Crippen molar-refractivity contribution in [3.63, 3.8) is 0 Å². The zero-order chi connectivity index (χ0) is 15.4. The van der Waals surface area contributed by atoms with Crippen LogP contribution in [0, 0.1) is 0 Å². The number of benzene rings is 1. The minimum atomic E-state index is 0.259. The Morgan fingerprint density at radius 3 is 2.77 bits per heavy atom. The maximum Gasteiger partial charge on any atom is 0.117 e. The molecular weight excluding hydrogens is 276 g/mol. The lowest BCUT2D eigenvalue weighted by atomic mass is 10.1. The van der Waals surface area contributed by atoms with E-state index in [-0.39, 0.29) is 6.04 Å². The molecule has 5 heteroatoms. The molecule has 2 aromatic rings. The van der Waals surface area contributed by atoms with E-state index in [1.807, 2.05) is 18.2 Å². The standard InChI is InChI=1S/C17H24N4O/c1-13(2)21-19-16(12-18-11-15-9-6-10-22-15)17(20-21)14-7-4-3-5-8-14/h3-5,7-8,13,15,18H,6,9-12H2,1-2H3/t15-/m1/s1. The monoisotopic (exact) mass is 300 g/mol. The first-order chi connectivity index (χ1) is 10.7. The van der Waals surface area contributed by atoms with Gasteiger partial charge in [0.15, 0.2) is 0 Å². The predicted octanol–water partition coefficient (Wildman–Crippen LogP) is 2.79. The number of hydrogen-bond acceptors (Lipinski definition) is 4. The molecule has 118 valence electrons. The summed E-state index contributed by atoms with van der Waals surface area (Å²) in [5, 5.41) is 12.8. The average molecular weight is 300 g/mol. The van der Waals surface area contributed by atoms with Crippen LogP contribution in [0.25, 0.3) is 11.3 Å². The van der Waals surface area contributed by atoms with Gasteiger partial charge in [-0.1, -0.05) is 30.3 Å². The van der Waals surface area contributed by atoms with Crippen LogP contribution in [0.15, 0.2) is 30.3 Å². The van der Waals surface area contributed by atoms with Crippen LogP contribution in [0.1, 0.15) is 38.4 Å². The minimum absolute atomic E-state index is 0.259. The van der Waals surface area contributed by atoms with E-state index in [0.717, 1.165) is 43.1 Å². The molecular formula is C17H24N4O. The van der Waals surface area contributed by atoms with E-state index >= 15 is 0 Å². The summed E-state index contributed by atoms with van der Waals surface area (Å²) in [6, 6.07) is 10.5. The fraction of sp³-hybridized carbons (Fsp3) is 0.529. The van der Waals surface area contributed by atoms with Crippen LogP contribution in [-0.4, -0.2) is 34.2 Å². The first kappa shape index (κ1) is 15.2. The third kappa shape index (κ3) is 3.54. The maximum absolute atomic E-state index is 5.65. The molecule has 0 bridgehead atoms. The second-order valence-corrected chi connectivity index (χ2v) is 6.04. The van der Waals surface area contributed by atoms with E-state index in [0.29, 0.717) is 6.10 Å². The van der Waals surface area contributed by atoms with E-state index in [1.54, 1.807) is 4.80 Å².